The number of carbonyl (C=O) groups excluding carboxylic acids is 1. The fourth-order valence-electron chi connectivity index (χ4n) is 2.27. The summed E-state index contributed by atoms with van der Waals surface area (Å²) in [6.07, 6.45) is 2.43. The first kappa shape index (κ1) is 11.8. The molecule has 3 rings (SSSR count). The lowest BCUT2D eigenvalue weighted by molar-refractivity contribution is 0.100. The van der Waals surface area contributed by atoms with E-state index >= 15 is 0 Å². The number of carbonyl (C=O) groups is 1. The van der Waals surface area contributed by atoms with Crippen molar-refractivity contribution in [2.75, 3.05) is 5.73 Å². The molecule has 1 heterocycles. The molecule has 5 heteroatoms. The number of amides is 1. The van der Waals surface area contributed by atoms with Crippen LogP contribution < -0.4 is 11.5 Å². The van der Waals surface area contributed by atoms with Crippen LogP contribution in [-0.4, -0.2) is 15.7 Å². The maximum absolute atomic E-state index is 11.1. The number of nitrogen functional groups attached to an aromatic ring is 1. The Bertz CT molecular complexity index is 655. The Morgan fingerprint density at radius 1 is 1.37 bits per heavy atom. The summed E-state index contributed by atoms with van der Waals surface area (Å²) in [5.41, 5.74) is 15.2. The van der Waals surface area contributed by atoms with E-state index in [4.69, 9.17) is 11.5 Å². The molecular formula is C14H16N4O. The Labute approximate surface area is 111 Å². The lowest BCUT2D eigenvalue weighted by Gasteiger charge is -2.07. The molecule has 1 aromatic heterocycles. The Morgan fingerprint density at radius 2 is 2.11 bits per heavy atom. The SMILES string of the molecule is Cn1nc(C2CC2)cc1-c1ccc(C(N)=O)cc1N. The predicted octanol–water partition coefficient (Wildman–Crippen LogP) is 1.65. The average Bonchev–Trinajstić information content (AvgIpc) is 3.13. The molecule has 4 N–H and O–H groups in total. The number of benzene rings is 1. The fourth-order valence-corrected chi connectivity index (χ4v) is 2.27. The second-order valence-corrected chi connectivity index (χ2v) is 5.02. The van der Waals surface area contributed by atoms with Crippen LogP contribution in [0.15, 0.2) is 24.3 Å². The van der Waals surface area contributed by atoms with Crippen LogP contribution in [0.2, 0.25) is 0 Å². The molecule has 1 aromatic carbocycles. The Hall–Kier alpha value is -2.30. The van der Waals surface area contributed by atoms with E-state index in [0.717, 1.165) is 17.0 Å². The molecule has 0 unspecified atom stereocenters. The second kappa shape index (κ2) is 4.12. The van der Waals surface area contributed by atoms with Gasteiger partial charge in [-0.2, -0.15) is 5.10 Å². The van der Waals surface area contributed by atoms with Crippen LogP contribution in [-0.2, 0) is 7.05 Å². The third-order valence-corrected chi connectivity index (χ3v) is 3.51. The monoisotopic (exact) mass is 256 g/mol. The molecule has 1 amide bonds. The summed E-state index contributed by atoms with van der Waals surface area (Å²) in [5.74, 6) is 0.132. The van der Waals surface area contributed by atoms with Gasteiger partial charge in [-0.15, -0.1) is 0 Å². The number of hydrogen-bond donors (Lipinski definition) is 2. The van der Waals surface area contributed by atoms with Crippen molar-refractivity contribution in [2.45, 2.75) is 18.8 Å². The molecule has 0 atom stereocenters. The minimum Gasteiger partial charge on any atom is -0.398 e. The van der Waals surface area contributed by atoms with Gasteiger partial charge in [-0.1, -0.05) is 0 Å². The van der Waals surface area contributed by atoms with Crippen LogP contribution in [0, 0.1) is 0 Å². The zero-order chi connectivity index (χ0) is 13.6. The van der Waals surface area contributed by atoms with Gasteiger partial charge in [0.15, 0.2) is 0 Å². The van der Waals surface area contributed by atoms with Crippen LogP contribution in [0.3, 0.4) is 0 Å². The fraction of sp³-hybridized carbons (Fsp3) is 0.286. The number of hydrogen-bond acceptors (Lipinski definition) is 3. The molecule has 5 nitrogen and oxygen atoms in total. The van der Waals surface area contributed by atoms with E-state index in [1.165, 1.54) is 12.8 Å². The van der Waals surface area contributed by atoms with E-state index < -0.39 is 5.91 Å². The largest absolute Gasteiger partial charge is 0.398 e. The first-order valence-corrected chi connectivity index (χ1v) is 6.30. The summed E-state index contributed by atoms with van der Waals surface area (Å²) in [6, 6.07) is 7.20. The van der Waals surface area contributed by atoms with Gasteiger partial charge in [-0.05, 0) is 37.1 Å². The first-order valence-electron chi connectivity index (χ1n) is 6.30. The van der Waals surface area contributed by atoms with Crippen molar-refractivity contribution in [3.63, 3.8) is 0 Å². The molecule has 2 aromatic rings. The predicted molar refractivity (Wildman–Crippen MR) is 73.5 cm³/mol. The quantitative estimate of drug-likeness (QED) is 0.818. The van der Waals surface area contributed by atoms with E-state index in [1.54, 1.807) is 12.1 Å². The number of nitrogens with zero attached hydrogens (tertiary/aromatic N) is 2. The number of aryl methyl sites for hydroxylation is 1. The minimum absolute atomic E-state index is 0.422. The van der Waals surface area contributed by atoms with E-state index in [-0.39, 0.29) is 0 Å². The lowest BCUT2D eigenvalue weighted by Crippen LogP contribution is -2.11. The van der Waals surface area contributed by atoms with Gasteiger partial charge in [0.05, 0.1) is 11.4 Å². The number of aromatic nitrogens is 2. The summed E-state index contributed by atoms with van der Waals surface area (Å²) in [7, 11) is 1.91. The Morgan fingerprint density at radius 3 is 2.68 bits per heavy atom. The number of rotatable bonds is 3. The second-order valence-electron chi connectivity index (χ2n) is 5.02. The van der Waals surface area contributed by atoms with Crippen LogP contribution in [0.4, 0.5) is 5.69 Å². The van der Waals surface area contributed by atoms with Crippen molar-refractivity contribution < 1.29 is 4.79 Å². The highest BCUT2D eigenvalue weighted by atomic mass is 16.1. The average molecular weight is 256 g/mol. The molecule has 1 aliphatic rings. The highest BCUT2D eigenvalue weighted by Crippen LogP contribution is 2.40. The summed E-state index contributed by atoms with van der Waals surface area (Å²) in [6.45, 7) is 0. The van der Waals surface area contributed by atoms with Gasteiger partial charge in [0, 0.05) is 29.8 Å². The molecule has 0 radical (unpaired) electrons. The van der Waals surface area contributed by atoms with Crippen molar-refractivity contribution >= 4 is 11.6 Å². The van der Waals surface area contributed by atoms with Crippen LogP contribution >= 0.6 is 0 Å². The van der Waals surface area contributed by atoms with Gasteiger partial charge in [0.2, 0.25) is 5.91 Å². The van der Waals surface area contributed by atoms with Gasteiger partial charge in [-0.25, -0.2) is 0 Å². The molecule has 19 heavy (non-hydrogen) atoms. The zero-order valence-electron chi connectivity index (χ0n) is 10.8. The highest BCUT2D eigenvalue weighted by Gasteiger charge is 2.27. The van der Waals surface area contributed by atoms with Gasteiger partial charge in [-0.3, -0.25) is 9.48 Å². The number of anilines is 1. The van der Waals surface area contributed by atoms with E-state index in [0.29, 0.717) is 17.2 Å². The first-order chi connectivity index (χ1) is 9.06. The third kappa shape index (κ3) is 2.07. The highest BCUT2D eigenvalue weighted by molar-refractivity contribution is 5.95. The van der Waals surface area contributed by atoms with Crippen molar-refractivity contribution in [1.82, 2.24) is 9.78 Å². The maximum atomic E-state index is 11.1. The third-order valence-electron chi connectivity index (χ3n) is 3.51. The molecular weight excluding hydrogens is 240 g/mol. The van der Waals surface area contributed by atoms with Gasteiger partial charge in [0.1, 0.15) is 0 Å². The smallest absolute Gasteiger partial charge is 0.248 e. The van der Waals surface area contributed by atoms with Crippen molar-refractivity contribution in [3.05, 3.63) is 35.5 Å². The Kier molecular flexibility index (Phi) is 2.55. The summed E-state index contributed by atoms with van der Waals surface area (Å²) in [5, 5.41) is 4.52. The molecule has 0 spiro atoms. The van der Waals surface area contributed by atoms with E-state index in [2.05, 4.69) is 11.2 Å². The molecule has 1 fully saturated rings. The number of nitrogens with two attached hydrogens (primary N) is 2. The molecule has 1 aliphatic carbocycles. The summed E-state index contributed by atoms with van der Waals surface area (Å²) >= 11 is 0. The lowest BCUT2D eigenvalue weighted by atomic mass is 10.1. The summed E-state index contributed by atoms with van der Waals surface area (Å²) in [4.78, 5) is 11.1. The van der Waals surface area contributed by atoms with E-state index in [1.807, 2.05) is 17.8 Å². The maximum Gasteiger partial charge on any atom is 0.248 e. The van der Waals surface area contributed by atoms with Gasteiger partial charge >= 0.3 is 0 Å². The summed E-state index contributed by atoms with van der Waals surface area (Å²) < 4.78 is 1.84. The van der Waals surface area contributed by atoms with Gasteiger partial charge < -0.3 is 11.5 Å². The van der Waals surface area contributed by atoms with Crippen molar-refractivity contribution in [1.29, 1.82) is 0 Å². The number of primary amides is 1. The zero-order valence-corrected chi connectivity index (χ0v) is 10.8. The van der Waals surface area contributed by atoms with Crippen LogP contribution in [0.25, 0.3) is 11.3 Å². The van der Waals surface area contributed by atoms with Crippen molar-refractivity contribution in [3.8, 4) is 11.3 Å². The molecule has 98 valence electrons. The standard InChI is InChI=1S/C14H16N4O/c1-18-13(7-12(17-18)8-2-3-8)10-5-4-9(14(16)19)6-11(10)15/h4-8H,2-3,15H2,1H3,(H2,16,19). The minimum atomic E-state index is -0.470. The molecule has 0 aliphatic heterocycles. The molecule has 1 saturated carbocycles. The van der Waals surface area contributed by atoms with Gasteiger partial charge in [0.25, 0.3) is 0 Å². The molecule has 0 bridgehead atoms. The Balaban J connectivity index is 2.03. The molecule has 0 saturated heterocycles. The van der Waals surface area contributed by atoms with Crippen LogP contribution in [0.1, 0.15) is 34.8 Å². The van der Waals surface area contributed by atoms with E-state index in [9.17, 15) is 4.79 Å². The topological polar surface area (TPSA) is 86.9 Å². The van der Waals surface area contributed by atoms with Crippen LogP contribution in [0.5, 0.6) is 0 Å². The van der Waals surface area contributed by atoms with Crippen molar-refractivity contribution in [2.24, 2.45) is 12.8 Å². The normalized spacial score (nSPS) is 14.6.